The molecule has 0 aromatic heterocycles. The van der Waals surface area contributed by atoms with Crippen molar-refractivity contribution in [2.75, 3.05) is 5.32 Å². The van der Waals surface area contributed by atoms with Crippen LogP contribution in [0, 0.1) is 0 Å². The molecule has 8 heteroatoms. The van der Waals surface area contributed by atoms with Crippen LogP contribution in [0.5, 0.6) is 5.75 Å². The van der Waals surface area contributed by atoms with Crippen LogP contribution < -0.4 is 10.1 Å². The van der Waals surface area contributed by atoms with E-state index in [-0.39, 0.29) is 11.8 Å². The van der Waals surface area contributed by atoms with Crippen molar-refractivity contribution in [1.29, 1.82) is 0 Å². The predicted octanol–water partition coefficient (Wildman–Crippen LogP) is 4.30. The molecule has 0 bridgehead atoms. The lowest BCUT2D eigenvalue weighted by atomic mass is 10.3. The second-order valence-electron chi connectivity index (χ2n) is 3.77. The van der Waals surface area contributed by atoms with Crippen molar-refractivity contribution >= 4 is 27.7 Å². The van der Waals surface area contributed by atoms with Gasteiger partial charge in [0.1, 0.15) is 0 Å². The zero-order valence-corrected chi connectivity index (χ0v) is 11.6. The Morgan fingerprint density at radius 3 is 2.53 bits per heavy atom. The molecule has 0 aliphatic rings. The van der Waals surface area contributed by atoms with Crippen LogP contribution in [0.15, 0.2) is 22.7 Å². The predicted molar refractivity (Wildman–Crippen MR) is 66.1 cm³/mol. The SMILES string of the molecule is CC(C)OC(=O)Nc1ccc(Br)cc1OC(F)(F)F. The van der Waals surface area contributed by atoms with Crippen molar-refractivity contribution in [2.45, 2.75) is 26.3 Å². The molecule has 0 atom stereocenters. The number of carbonyl (C=O) groups excluding carboxylic acids is 1. The molecule has 4 nitrogen and oxygen atoms in total. The minimum absolute atomic E-state index is 0.133. The van der Waals surface area contributed by atoms with Gasteiger partial charge in [0.15, 0.2) is 5.75 Å². The van der Waals surface area contributed by atoms with E-state index in [1.807, 2.05) is 0 Å². The zero-order chi connectivity index (χ0) is 14.6. The van der Waals surface area contributed by atoms with Crippen molar-refractivity contribution in [2.24, 2.45) is 0 Å². The Labute approximate surface area is 116 Å². The Balaban J connectivity index is 2.90. The molecule has 106 valence electrons. The van der Waals surface area contributed by atoms with Crippen LogP contribution in [0.2, 0.25) is 0 Å². The first kappa shape index (κ1) is 15.6. The number of alkyl halides is 3. The number of carbonyl (C=O) groups is 1. The van der Waals surface area contributed by atoms with Gasteiger partial charge in [-0.15, -0.1) is 13.2 Å². The fourth-order valence-electron chi connectivity index (χ4n) is 1.16. The van der Waals surface area contributed by atoms with Crippen LogP contribution in [0.3, 0.4) is 0 Å². The highest BCUT2D eigenvalue weighted by molar-refractivity contribution is 9.10. The Morgan fingerprint density at radius 2 is 2.00 bits per heavy atom. The van der Waals surface area contributed by atoms with Gasteiger partial charge >= 0.3 is 12.5 Å². The number of benzene rings is 1. The second kappa shape index (κ2) is 6.14. The topological polar surface area (TPSA) is 47.6 Å². The number of rotatable bonds is 3. The number of anilines is 1. The highest BCUT2D eigenvalue weighted by Crippen LogP contribution is 2.33. The summed E-state index contributed by atoms with van der Waals surface area (Å²) in [7, 11) is 0. The molecule has 0 radical (unpaired) electrons. The van der Waals surface area contributed by atoms with Gasteiger partial charge in [-0.2, -0.15) is 0 Å². The number of amides is 1. The highest BCUT2D eigenvalue weighted by Gasteiger charge is 2.32. The van der Waals surface area contributed by atoms with Gasteiger partial charge in [0.2, 0.25) is 0 Å². The van der Waals surface area contributed by atoms with E-state index >= 15 is 0 Å². The van der Waals surface area contributed by atoms with Gasteiger partial charge in [-0.1, -0.05) is 15.9 Å². The van der Waals surface area contributed by atoms with E-state index in [4.69, 9.17) is 4.74 Å². The summed E-state index contributed by atoms with van der Waals surface area (Å²) >= 11 is 3.02. The van der Waals surface area contributed by atoms with Gasteiger partial charge in [-0.3, -0.25) is 5.32 Å². The minimum atomic E-state index is -4.85. The molecule has 19 heavy (non-hydrogen) atoms. The lowest BCUT2D eigenvalue weighted by Crippen LogP contribution is -2.21. The first-order chi connectivity index (χ1) is 8.67. The van der Waals surface area contributed by atoms with Gasteiger partial charge in [0, 0.05) is 4.47 Å². The third kappa shape index (κ3) is 5.82. The summed E-state index contributed by atoms with van der Waals surface area (Å²) in [5.74, 6) is -0.525. The number of hydrogen-bond acceptors (Lipinski definition) is 3. The molecule has 0 saturated carbocycles. The van der Waals surface area contributed by atoms with Crippen molar-refractivity contribution in [3.8, 4) is 5.75 Å². The summed E-state index contributed by atoms with van der Waals surface area (Å²) in [5.41, 5.74) is -0.133. The van der Waals surface area contributed by atoms with Crippen LogP contribution in [-0.2, 0) is 4.74 Å². The number of halogens is 4. The molecular formula is C11H11BrF3NO3. The molecule has 0 spiro atoms. The lowest BCUT2D eigenvalue weighted by molar-refractivity contribution is -0.274. The molecule has 0 aliphatic carbocycles. The monoisotopic (exact) mass is 341 g/mol. The summed E-state index contributed by atoms with van der Waals surface area (Å²) in [6.07, 6.45) is -6.09. The maximum absolute atomic E-state index is 12.2. The molecule has 1 N–H and O–H groups in total. The third-order valence-corrected chi connectivity index (χ3v) is 2.24. The summed E-state index contributed by atoms with van der Waals surface area (Å²) < 4.78 is 45.6. The molecular weight excluding hydrogens is 331 g/mol. The first-order valence-electron chi connectivity index (χ1n) is 5.20. The molecule has 0 fully saturated rings. The van der Waals surface area contributed by atoms with E-state index in [0.717, 1.165) is 6.07 Å². The van der Waals surface area contributed by atoms with E-state index in [1.165, 1.54) is 12.1 Å². The van der Waals surface area contributed by atoms with Crippen LogP contribution in [0.25, 0.3) is 0 Å². The Bertz CT molecular complexity index is 463. The van der Waals surface area contributed by atoms with E-state index in [2.05, 4.69) is 26.0 Å². The number of ether oxygens (including phenoxy) is 2. The van der Waals surface area contributed by atoms with Gasteiger partial charge in [-0.05, 0) is 32.0 Å². The lowest BCUT2D eigenvalue weighted by Gasteiger charge is -2.15. The van der Waals surface area contributed by atoms with Crippen LogP contribution in [-0.4, -0.2) is 18.6 Å². The van der Waals surface area contributed by atoms with Gasteiger partial charge in [0.25, 0.3) is 0 Å². The van der Waals surface area contributed by atoms with Gasteiger partial charge in [-0.25, -0.2) is 4.79 Å². The smallest absolute Gasteiger partial charge is 0.447 e. The van der Waals surface area contributed by atoms with E-state index in [9.17, 15) is 18.0 Å². The quantitative estimate of drug-likeness (QED) is 0.891. The first-order valence-corrected chi connectivity index (χ1v) is 5.99. The Morgan fingerprint density at radius 1 is 1.37 bits per heavy atom. The average Bonchev–Trinajstić information content (AvgIpc) is 2.18. The van der Waals surface area contributed by atoms with Crippen LogP contribution in [0.1, 0.15) is 13.8 Å². The normalized spacial score (nSPS) is 11.3. The molecule has 1 aromatic rings. The standard InChI is InChI=1S/C11H11BrF3NO3/c1-6(2)18-10(17)16-8-4-3-7(12)5-9(8)19-11(13,14)15/h3-6H,1-2H3,(H,16,17). The van der Waals surface area contributed by atoms with Crippen molar-refractivity contribution in [3.05, 3.63) is 22.7 Å². The fourth-order valence-corrected chi connectivity index (χ4v) is 1.50. The Hall–Kier alpha value is -1.44. The fraction of sp³-hybridized carbons (Fsp3) is 0.364. The summed E-state index contributed by atoms with van der Waals surface area (Å²) in [5, 5.41) is 2.18. The van der Waals surface area contributed by atoms with Crippen molar-refractivity contribution in [3.63, 3.8) is 0 Å². The number of hydrogen-bond donors (Lipinski definition) is 1. The maximum atomic E-state index is 12.2. The van der Waals surface area contributed by atoms with Crippen LogP contribution in [0.4, 0.5) is 23.7 Å². The highest BCUT2D eigenvalue weighted by atomic mass is 79.9. The molecule has 0 aliphatic heterocycles. The molecule has 1 amide bonds. The third-order valence-electron chi connectivity index (χ3n) is 1.75. The molecule has 0 heterocycles. The Kier molecular flexibility index (Phi) is 5.04. The second-order valence-corrected chi connectivity index (χ2v) is 4.68. The van der Waals surface area contributed by atoms with Crippen molar-refractivity contribution in [1.82, 2.24) is 0 Å². The molecule has 1 rings (SSSR count). The van der Waals surface area contributed by atoms with E-state index < -0.39 is 18.2 Å². The minimum Gasteiger partial charge on any atom is -0.447 e. The van der Waals surface area contributed by atoms with E-state index in [1.54, 1.807) is 13.8 Å². The summed E-state index contributed by atoms with van der Waals surface area (Å²) in [6.45, 7) is 3.24. The summed E-state index contributed by atoms with van der Waals surface area (Å²) in [4.78, 5) is 11.3. The molecule has 0 saturated heterocycles. The molecule has 0 unspecified atom stereocenters. The van der Waals surface area contributed by atoms with E-state index in [0.29, 0.717) is 4.47 Å². The zero-order valence-electron chi connectivity index (χ0n) is 10.0. The largest absolute Gasteiger partial charge is 0.573 e. The van der Waals surface area contributed by atoms with Gasteiger partial charge < -0.3 is 9.47 Å². The molecule has 1 aromatic carbocycles. The van der Waals surface area contributed by atoms with Gasteiger partial charge in [0.05, 0.1) is 11.8 Å². The van der Waals surface area contributed by atoms with Crippen LogP contribution >= 0.6 is 15.9 Å². The maximum Gasteiger partial charge on any atom is 0.573 e. The summed E-state index contributed by atoms with van der Waals surface area (Å²) in [6, 6.07) is 3.83. The van der Waals surface area contributed by atoms with Crippen molar-refractivity contribution < 1.29 is 27.4 Å². The average molecular weight is 342 g/mol. The number of nitrogens with one attached hydrogen (secondary N) is 1.